The number of aryl methyl sites for hydroxylation is 1. The number of hydrogen-bond acceptors (Lipinski definition) is 5. The molecule has 0 spiro atoms. The van der Waals surface area contributed by atoms with Gasteiger partial charge in [0.25, 0.3) is 5.56 Å². The maximum Gasteiger partial charge on any atom is 0.259 e. The topological polar surface area (TPSA) is 57.9 Å². The number of anilines is 1. The summed E-state index contributed by atoms with van der Waals surface area (Å²) >= 11 is 0. The molecule has 174 valence electrons. The van der Waals surface area contributed by atoms with E-state index in [2.05, 4.69) is 9.80 Å². The molecule has 0 radical (unpaired) electrons. The number of nitrogens with zero attached hydrogens (tertiary/aromatic N) is 3. The highest BCUT2D eigenvalue weighted by Gasteiger charge is 2.31. The fourth-order valence-electron chi connectivity index (χ4n) is 4.57. The molecule has 7 heteroatoms. The number of methoxy groups -OCH3 is 1. The molecule has 0 unspecified atom stereocenters. The van der Waals surface area contributed by atoms with Crippen LogP contribution in [-0.4, -0.2) is 54.5 Å². The van der Waals surface area contributed by atoms with E-state index in [1.165, 1.54) is 12.1 Å². The lowest BCUT2D eigenvalue weighted by Crippen LogP contribution is -2.49. The van der Waals surface area contributed by atoms with Crippen LogP contribution in [0.15, 0.2) is 65.5 Å². The highest BCUT2D eigenvalue weighted by Crippen LogP contribution is 2.33. The molecular weight excluding hydrogens is 421 g/mol. The lowest BCUT2D eigenvalue weighted by atomic mass is 9.96. The van der Waals surface area contributed by atoms with Gasteiger partial charge in [0.05, 0.1) is 18.2 Å². The minimum atomic E-state index is -0.372. The zero-order chi connectivity index (χ0) is 23.4. The minimum absolute atomic E-state index is 0.0148. The Morgan fingerprint density at radius 3 is 2.33 bits per heavy atom. The summed E-state index contributed by atoms with van der Waals surface area (Å²) in [6.45, 7) is 5.52. The number of rotatable bonds is 7. The second-order valence-corrected chi connectivity index (χ2v) is 8.35. The third kappa shape index (κ3) is 4.94. The summed E-state index contributed by atoms with van der Waals surface area (Å²) in [6, 6.07) is 17.7. The van der Waals surface area contributed by atoms with Crippen LogP contribution in [0.4, 0.5) is 10.1 Å². The Morgan fingerprint density at radius 1 is 1.03 bits per heavy atom. The number of benzene rings is 2. The van der Waals surface area contributed by atoms with E-state index in [4.69, 9.17) is 4.74 Å². The van der Waals surface area contributed by atoms with Crippen LogP contribution in [0.5, 0.6) is 5.75 Å². The normalized spacial score (nSPS) is 15.5. The van der Waals surface area contributed by atoms with Crippen LogP contribution in [0.1, 0.15) is 22.9 Å². The van der Waals surface area contributed by atoms with Crippen molar-refractivity contribution >= 4 is 5.69 Å². The van der Waals surface area contributed by atoms with Crippen LogP contribution in [0.3, 0.4) is 0 Å². The molecular formula is C26H30FN3O3. The summed E-state index contributed by atoms with van der Waals surface area (Å²) in [4.78, 5) is 18.0. The second kappa shape index (κ2) is 10.2. The van der Waals surface area contributed by atoms with Gasteiger partial charge in [-0.05, 0) is 42.8 Å². The van der Waals surface area contributed by atoms with Gasteiger partial charge in [-0.15, -0.1) is 0 Å². The van der Waals surface area contributed by atoms with Gasteiger partial charge in [-0.3, -0.25) is 9.69 Å². The lowest BCUT2D eigenvalue weighted by Gasteiger charge is -2.40. The Hall–Kier alpha value is -3.16. The smallest absolute Gasteiger partial charge is 0.259 e. The Morgan fingerprint density at radius 2 is 1.70 bits per heavy atom. The van der Waals surface area contributed by atoms with Crippen LogP contribution in [-0.2, 0) is 11.3 Å². The van der Waals surface area contributed by atoms with Crippen LogP contribution in [0, 0.1) is 12.7 Å². The molecule has 0 saturated carbocycles. The number of piperazine rings is 1. The van der Waals surface area contributed by atoms with E-state index in [-0.39, 0.29) is 23.2 Å². The number of halogens is 1. The largest absolute Gasteiger partial charge is 0.507 e. The third-order valence-electron chi connectivity index (χ3n) is 6.30. The van der Waals surface area contributed by atoms with E-state index >= 15 is 0 Å². The molecule has 33 heavy (non-hydrogen) atoms. The Balaban J connectivity index is 1.68. The zero-order valence-corrected chi connectivity index (χ0v) is 19.1. The zero-order valence-electron chi connectivity index (χ0n) is 19.1. The summed E-state index contributed by atoms with van der Waals surface area (Å²) in [5.41, 5.74) is 2.83. The maximum atomic E-state index is 13.6. The number of aromatic hydroxyl groups is 1. The van der Waals surface area contributed by atoms with Gasteiger partial charge in [0, 0.05) is 51.2 Å². The molecule has 1 saturated heterocycles. The van der Waals surface area contributed by atoms with Crippen molar-refractivity contribution in [3.63, 3.8) is 0 Å². The van der Waals surface area contributed by atoms with Gasteiger partial charge in [-0.1, -0.05) is 30.3 Å². The number of aromatic nitrogens is 1. The molecule has 1 fully saturated rings. The van der Waals surface area contributed by atoms with Gasteiger partial charge in [0.2, 0.25) is 0 Å². The summed E-state index contributed by atoms with van der Waals surface area (Å²) in [6.07, 6.45) is 0. The quantitative estimate of drug-likeness (QED) is 0.595. The first-order valence-corrected chi connectivity index (χ1v) is 11.2. The van der Waals surface area contributed by atoms with E-state index in [9.17, 15) is 14.3 Å². The summed E-state index contributed by atoms with van der Waals surface area (Å²) in [5, 5.41) is 10.9. The van der Waals surface area contributed by atoms with E-state index < -0.39 is 0 Å². The molecule has 2 heterocycles. The van der Waals surface area contributed by atoms with Crippen molar-refractivity contribution in [2.45, 2.75) is 19.5 Å². The van der Waals surface area contributed by atoms with Crippen LogP contribution < -0.4 is 10.5 Å². The minimum Gasteiger partial charge on any atom is -0.507 e. The standard InChI is InChI=1S/C26H30FN3O3/c1-19-18-23(31)24(26(32)30(19)16-17-33-2)25(20-6-4-3-5-7-20)29-14-12-28(13-15-29)22-10-8-21(27)9-11-22/h3-11,18,25,31H,12-17H2,1-2H3/t25-/m0/s1. The van der Waals surface area contributed by atoms with Gasteiger partial charge in [-0.25, -0.2) is 4.39 Å². The molecule has 3 aromatic rings. The molecule has 1 aromatic heterocycles. The fourth-order valence-corrected chi connectivity index (χ4v) is 4.57. The van der Waals surface area contributed by atoms with Crippen molar-refractivity contribution in [3.05, 3.63) is 93.7 Å². The van der Waals surface area contributed by atoms with Crippen molar-refractivity contribution in [2.24, 2.45) is 0 Å². The maximum absolute atomic E-state index is 13.6. The summed E-state index contributed by atoms with van der Waals surface area (Å²) < 4.78 is 20.2. The van der Waals surface area contributed by atoms with Crippen LogP contribution in [0.2, 0.25) is 0 Å². The molecule has 2 aromatic carbocycles. The summed E-state index contributed by atoms with van der Waals surface area (Å²) in [7, 11) is 1.61. The molecule has 1 N–H and O–H groups in total. The number of hydrogen-bond donors (Lipinski definition) is 1. The SMILES string of the molecule is COCCn1c(C)cc(O)c([C@H](c2ccccc2)N2CCN(c3ccc(F)cc3)CC2)c1=O. The van der Waals surface area contributed by atoms with Gasteiger partial charge in [0.1, 0.15) is 11.6 Å². The summed E-state index contributed by atoms with van der Waals surface area (Å²) in [5.74, 6) is -0.234. The lowest BCUT2D eigenvalue weighted by molar-refractivity contribution is 0.183. The van der Waals surface area contributed by atoms with Gasteiger partial charge in [0.15, 0.2) is 0 Å². The first-order valence-electron chi connectivity index (χ1n) is 11.2. The Bertz CT molecular complexity index is 1120. The van der Waals surface area contributed by atoms with Crippen LogP contribution >= 0.6 is 0 Å². The fraction of sp³-hybridized carbons (Fsp3) is 0.346. The monoisotopic (exact) mass is 451 g/mol. The van der Waals surface area contributed by atoms with Gasteiger partial charge >= 0.3 is 0 Å². The molecule has 0 aliphatic carbocycles. The van der Waals surface area contributed by atoms with E-state index in [0.29, 0.717) is 37.5 Å². The van der Waals surface area contributed by atoms with Crippen LogP contribution in [0.25, 0.3) is 0 Å². The predicted molar refractivity (Wildman–Crippen MR) is 127 cm³/mol. The van der Waals surface area contributed by atoms with Crippen molar-refractivity contribution < 1.29 is 14.2 Å². The Labute approximate surface area is 193 Å². The van der Waals surface area contributed by atoms with E-state index in [1.807, 2.05) is 37.3 Å². The molecule has 1 atom stereocenters. The van der Waals surface area contributed by atoms with Crippen molar-refractivity contribution in [1.29, 1.82) is 0 Å². The van der Waals surface area contributed by atoms with E-state index in [0.717, 1.165) is 24.3 Å². The molecule has 0 bridgehead atoms. The third-order valence-corrected chi connectivity index (χ3v) is 6.30. The molecule has 4 rings (SSSR count). The second-order valence-electron chi connectivity index (χ2n) is 8.35. The van der Waals surface area contributed by atoms with Crippen molar-refractivity contribution in [2.75, 3.05) is 44.8 Å². The molecule has 1 aliphatic rings. The average molecular weight is 452 g/mol. The van der Waals surface area contributed by atoms with Gasteiger partial charge < -0.3 is 19.3 Å². The number of pyridine rings is 1. The Kier molecular flexibility index (Phi) is 7.11. The van der Waals surface area contributed by atoms with E-state index in [1.54, 1.807) is 29.9 Å². The highest BCUT2D eigenvalue weighted by atomic mass is 19.1. The highest BCUT2D eigenvalue weighted by molar-refractivity contribution is 5.47. The van der Waals surface area contributed by atoms with Gasteiger partial charge in [-0.2, -0.15) is 0 Å². The first kappa shape index (κ1) is 23.0. The molecule has 1 aliphatic heterocycles. The predicted octanol–water partition coefficient (Wildman–Crippen LogP) is 3.56. The molecule has 6 nitrogen and oxygen atoms in total. The number of ether oxygens (including phenoxy) is 1. The first-order chi connectivity index (χ1) is 16.0. The average Bonchev–Trinajstić information content (AvgIpc) is 2.83. The van der Waals surface area contributed by atoms with Crippen molar-refractivity contribution in [3.8, 4) is 5.75 Å². The van der Waals surface area contributed by atoms with Crippen molar-refractivity contribution in [1.82, 2.24) is 9.47 Å². The molecule has 0 amide bonds.